The summed E-state index contributed by atoms with van der Waals surface area (Å²) in [5, 5.41) is 10.6. The highest BCUT2D eigenvalue weighted by atomic mass is 31.2. The Morgan fingerprint density at radius 2 is 0.505 bits per heavy atom. The standard InChI is InChI=1S/C72H140O17P2/c1-7-9-11-13-15-17-19-21-23-25-30-36-42-48-54-69(74)82-60-67(88-71(76)56-50-44-37-31-26-24-22-20-18-16-14-12-10-8-2)62-86-90(78,79)84-58-66(73)59-85-91(80,81)87-63-68(61-83-70(75)55-49-43-39-33-35-41-47-53-65(5)6)89-72(77)57-51-45-38-32-28-27-29-34-40-46-52-64(3)4/h64-68,73H,7-63H2,1-6H3,(H,78,79)(H,80,81)/t66-,67-,68-/m1/s1. The number of esters is 4. The van der Waals surface area contributed by atoms with Gasteiger partial charge < -0.3 is 33.8 Å². The number of phosphoric ester groups is 2. The van der Waals surface area contributed by atoms with Gasteiger partial charge in [0.05, 0.1) is 26.4 Å². The third-order valence-corrected chi connectivity index (χ3v) is 18.6. The van der Waals surface area contributed by atoms with Crippen molar-refractivity contribution < 1.29 is 80.2 Å². The lowest BCUT2D eigenvalue weighted by molar-refractivity contribution is -0.161. The zero-order chi connectivity index (χ0) is 67.2. The van der Waals surface area contributed by atoms with Gasteiger partial charge >= 0.3 is 39.5 Å². The number of phosphoric acid groups is 2. The lowest BCUT2D eigenvalue weighted by Crippen LogP contribution is -2.30. The molecule has 0 rings (SSSR count). The van der Waals surface area contributed by atoms with Crippen LogP contribution in [-0.2, 0) is 65.4 Å². The largest absolute Gasteiger partial charge is 0.472 e. The molecule has 0 aromatic carbocycles. The molecule has 0 radical (unpaired) electrons. The summed E-state index contributed by atoms with van der Waals surface area (Å²) in [5.41, 5.74) is 0. The van der Waals surface area contributed by atoms with E-state index in [-0.39, 0.29) is 25.7 Å². The van der Waals surface area contributed by atoms with Gasteiger partial charge in [-0.2, -0.15) is 0 Å². The van der Waals surface area contributed by atoms with E-state index in [0.29, 0.717) is 31.6 Å². The Balaban J connectivity index is 5.25. The summed E-state index contributed by atoms with van der Waals surface area (Å²) in [5.74, 6) is -0.663. The van der Waals surface area contributed by atoms with Crippen LogP contribution in [0.2, 0.25) is 0 Å². The van der Waals surface area contributed by atoms with Gasteiger partial charge in [0.2, 0.25) is 0 Å². The number of carbonyl (C=O) groups excluding carboxylic acids is 4. The zero-order valence-electron chi connectivity index (χ0n) is 59.1. The molecule has 0 heterocycles. The Hall–Kier alpha value is -1.94. The molecular formula is C72H140O17P2. The quantitative estimate of drug-likeness (QED) is 0.0222. The Bertz CT molecular complexity index is 1770. The SMILES string of the molecule is CCCCCCCCCCCCCCCCC(=O)OC[C@H](COP(=O)(O)OC[C@@H](O)COP(=O)(O)OC[C@@H](COC(=O)CCCCCCCCCC(C)C)OC(=O)CCCCCCCCCCCCC(C)C)OC(=O)CCCCCCCCCCCCCCCC. The van der Waals surface area contributed by atoms with E-state index in [1.807, 2.05) is 0 Å². The first-order valence-corrected chi connectivity index (χ1v) is 40.5. The van der Waals surface area contributed by atoms with Gasteiger partial charge in [-0.25, -0.2) is 9.13 Å². The highest BCUT2D eigenvalue weighted by Gasteiger charge is 2.30. The van der Waals surface area contributed by atoms with Crippen molar-refractivity contribution in [3.8, 4) is 0 Å². The second-order valence-electron chi connectivity index (χ2n) is 26.9. The third-order valence-electron chi connectivity index (χ3n) is 16.7. The van der Waals surface area contributed by atoms with Crippen molar-refractivity contribution in [1.29, 1.82) is 0 Å². The predicted octanol–water partition coefficient (Wildman–Crippen LogP) is 20.8. The summed E-state index contributed by atoms with van der Waals surface area (Å²) >= 11 is 0. The average Bonchev–Trinajstić information content (AvgIpc) is 3.50. The number of unbranched alkanes of at least 4 members (excludes halogenated alkanes) is 41. The maximum absolute atomic E-state index is 13.0. The van der Waals surface area contributed by atoms with Gasteiger partial charge in [0.25, 0.3) is 0 Å². The second kappa shape index (κ2) is 64.1. The lowest BCUT2D eigenvalue weighted by atomic mass is 10.0. The fraction of sp³-hybridized carbons (Fsp3) is 0.944. The fourth-order valence-corrected chi connectivity index (χ4v) is 12.5. The van der Waals surface area contributed by atoms with E-state index < -0.39 is 97.5 Å². The monoisotopic (exact) mass is 1340 g/mol. The van der Waals surface area contributed by atoms with Crippen LogP contribution in [0.4, 0.5) is 0 Å². The van der Waals surface area contributed by atoms with Gasteiger partial charge in [-0.1, -0.05) is 318 Å². The van der Waals surface area contributed by atoms with Crippen LogP contribution in [0.15, 0.2) is 0 Å². The van der Waals surface area contributed by atoms with E-state index in [1.165, 1.54) is 180 Å². The molecule has 540 valence electrons. The smallest absolute Gasteiger partial charge is 0.462 e. The summed E-state index contributed by atoms with van der Waals surface area (Å²) in [4.78, 5) is 72.6. The van der Waals surface area contributed by atoms with Crippen LogP contribution in [-0.4, -0.2) is 96.7 Å². The Morgan fingerprint density at radius 1 is 0.297 bits per heavy atom. The van der Waals surface area contributed by atoms with E-state index in [9.17, 15) is 43.2 Å². The summed E-state index contributed by atoms with van der Waals surface area (Å²) in [6.45, 7) is 9.51. The minimum atomic E-state index is -4.95. The van der Waals surface area contributed by atoms with Crippen molar-refractivity contribution in [2.24, 2.45) is 11.8 Å². The molecule has 0 aliphatic heterocycles. The molecule has 0 amide bonds. The molecule has 19 heteroatoms. The molecule has 0 aromatic heterocycles. The Labute approximate surface area is 556 Å². The van der Waals surface area contributed by atoms with E-state index in [0.717, 1.165) is 102 Å². The average molecular weight is 1340 g/mol. The number of aliphatic hydroxyl groups is 1. The van der Waals surface area contributed by atoms with E-state index in [1.54, 1.807) is 0 Å². The van der Waals surface area contributed by atoms with E-state index >= 15 is 0 Å². The first kappa shape index (κ1) is 89.1. The summed E-state index contributed by atoms with van der Waals surface area (Å²) < 4.78 is 68.4. The van der Waals surface area contributed by atoms with Gasteiger partial charge in [-0.05, 0) is 37.5 Å². The Kier molecular flexibility index (Phi) is 62.7. The normalized spacial score (nSPS) is 14.1. The van der Waals surface area contributed by atoms with Crippen LogP contribution in [0.5, 0.6) is 0 Å². The highest BCUT2D eigenvalue weighted by Crippen LogP contribution is 2.45. The van der Waals surface area contributed by atoms with Crippen molar-refractivity contribution in [2.45, 2.75) is 387 Å². The highest BCUT2D eigenvalue weighted by molar-refractivity contribution is 7.47. The molecule has 0 spiro atoms. The van der Waals surface area contributed by atoms with Crippen LogP contribution < -0.4 is 0 Å². The topological polar surface area (TPSA) is 237 Å². The van der Waals surface area contributed by atoms with Crippen LogP contribution in [0, 0.1) is 11.8 Å². The second-order valence-corrected chi connectivity index (χ2v) is 29.8. The van der Waals surface area contributed by atoms with Crippen LogP contribution in [0.3, 0.4) is 0 Å². The molecule has 0 aliphatic rings. The van der Waals surface area contributed by atoms with Crippen LogP contribution in [0.1, 0.15) is 369 Å². The number of hydrogen-bond acceptors (Lipinski definition) is 15. The molecule has 91 heavy (non-hydrogen) atoms. The number of hydrogen-bond donors (Lipinski definition) is 3. The lowest BCUT2D eigenvalue weighted by Gasteiger charge is -2.21. The molecule has 0 saturated heterocycles. The number of rotatable bonds is 71. The molecule has 0 saturated carbocycles. The van der Waals surface area contributed by atoms with Crippen molar-refractivity contribution >= 4 is 39.5 Å². The molecule has 0 bridgehead atoms. The van der Waals surface area contributed by atoms with Crippen LogP contribution >= 0.6 is 15.6 Å². The molecule has 2 unspecified atom stereocenters. The van der Waals surface area contributed by atoms with Gasteiger partial charge in [-0.3, -0.25) is 37.3 Å². The first-order chi connectivity index (χ1) is 43.9. The number of ether oxygens (including phenoxy) is 4. The summed E-state index contributed by atoms with van der Waals surface area (Å²) in [6.07, 6.45) is 49.9. The molecular weight excluding hydrogens is 1200 g/mol. The molecule has 3 N–H and O–H groups in total. The molecule has 0 aliphatic carbocycles. The number of carbonyl (C=O) groups is 4. The zero-order valence-corrected chi connectivity index (χ0v) is 60.9. The summed E-state index contributed by atoms with van der Waals surface area (Å²) in [6, 6.07) is 0. The predicted molar refractivity (Wildman–Crippen MR) is 368 cm³/mol. The maximum Gasteiger partial charge on any atom is 0.472 e. The molecule has 0 aromatic rings. The minimum Gasteiger partial charge on any atom is -0.462 e. The van der Waals surface area contributed by atoms with E-state index in [2.05, 4.69) is 41.5 Å². The Morgan fingerprint density at radius 3 is 0.747 bits per heavy atom. The maximum atomic E-state index is 13.0. The van der Waals surface area contributed by atoms with Crippen molar-refractivity contribution in [3.05, 3.63) is 0 Å². The van der Waals surface area contributed by atoms with Crippen molar-refractivity contribution in [2.75, 3.05) is 39.6 Å². The molecule has 17 nitrogen and oxygen atoms in total. The number of aliphatic hydroxyl groups excluding tert-OH is 1. The molecule has 5 atom stereocenters. The molecule has 0 fully saturated rings. The van der Waals surface area contributed by atoms with Crippen molar-refractivity contribution in [1.82, 2.24) is 0 Å². The van der Waals surface area contributed by atoms with E-state index in [4.69, 9.17) is 37.0 Å². The van der Waals surface area contributed by atoms with Crippen molar-refractivity contribution in [3.63, 3.8) is 0 Å². The summed E-state index contributed by atoms with van der Waals surface area (Å²) in [7, 11) is -9.90. The van der Waals surface area contributed by atoms with Gasteiger partial charge in [-0.15, -0.1) is 0 Å². The van der Waals surface area contributed by atoms with Gasteiger partial charge in [0.15, 0.2) is 12.2 Å². The fourth-order valence-electron chi connectivity index (χ4n) is 10.9. The van der Waals surface area contributed by atoms with Crippen LogP contribution in [0.25, 0.3) is 0 Å². The van der Waals surface area contributed by atoms with Gasteiger partial charge in [0.1, 0.15) is 19.3 Å². The first-order valence-electron chi connectivity index (χ1n) is 37.5. The van der Waals surface area contributed by atoms with Gasteiger partial charge in [0, 0.05) is 25.7 Å². The minimum absolute atomic E-state index is 0.105. The third kappa shape index (κ3) is 66.5.